The predicted octanol–water partition coefficient (Wildman–Crippen LogP) is 0.163. The number of amides is 1. The molecule has 1 aliphatic rings. The van der Waals surface area contributed by atoms with Crippen molar-refractivity contribution in [1.82, 2.24) is 5.32 Å². The summed E-state index contributed by atoms with van der Waals surface area (Å²) in [5.74, 6) is -0.392. The second-order valence-corrected chi connectivity index (χ2v) is 6.58. The molecule has 1 aliphatic heterocycles. The van der Waals surface area contributed by atoms with Crippen LogP contribution < -0.4 is 5.32 Å². The van der Waals surface area contributed by atoms with Gasteiger partial charge in [-0.2, -0.15) is 0 Å². The zero-order valence-corrected chi connectivity index (χ0v) is 9.73. The van der Waals surface area contributed by atoms with Crippen LogP contribution in [-0.4, -0.2) is 37.2 Å². The van der Waals surface area contributed by atoms with Gasteiger partial charge in [-0.3, -0.25) is 4.79 Å². The van der Waals surface area contributed by atoms with Gasteiger partial charge in [0.15, 0.2) is 9.84 Å². The Labute approximate surface area is 88.9 Å². The van der Waals surface area contributed by atoms with Crippen molar-refractivity contribution in [1.29, 1.82) is 0 Å². The Kier molecular flexibility index (Phi) is 3.42. The Hall–Kier alpha value is -0.290. The van der Waals surface area contributed by atoms with Crippen LogP contribution in [0.4, 0.5) is 0 Å². The van der Waals surface area contributed by atoms with E-state index in [-0.39, 0.29) is 23.3 Å². The van der Waals surface area contributed by atoms with Gasteiger partial charge in [0.1, 0.15) is 0 Å². The maximum absolute atomic E-state index is 11.3. The summed E-state index contributed by atoms with van der Waals surface area (Å²) in [6.07, 6.45) is 0. The van der Waals surface area contributed by atoms with Crippen molar-refractivity contribution in [2.45, 2.75) is 25.3 Å². The van der Waals surface area contributed by atoms with Crippen LogP contribution in [0.5, 0.6) is 0 Å². The van der Waals surface area contributed by atoms with E-state index in [9.17, 15) is 13.2 Å². The van der Waals surface area contributed by atoms with Crippen molar-refractivity contribution in [2.75, 3.05) is 11.5 Å². The van der Waals surface area contributed by atoms with Gasteiger partial charge in [-0.05, 0) is 0 Å². The van der Waals surface area contributed by atoms with E-state index < -0.39 is 21.3 Å². The van der Waals surface area contributed by atoms with Gasteiger partial charge in [-0.1, -0.05) is 13.8 Å². The predicted molar refractivity (Wildman–Crippen MR) is 55.1 cm³/mol. The third-order valence-electron chi connectivity index (χ3n) is 2.14. The number of nitrogens with one attached hydrogen (secondary N) is 1. The standard InChI is InChI=1S/C8H14ClNO3S/c1-5(2)8(11)10-7-4-14(12,13)3-6(7)9/h5-7H,3-4H2,1-2H3,(H,10,11)/t6-,7-/m0/s1. The zero-order valence-electron chi connectivity index (χ0n) is 8.16. The minimum atomic E-state index is -3.06. The van der Waals surface area contributed by atoms with E-state index in [0.717, 1.165) is 0 Å². The van der Waals surface area contributed by atoms with Gasteiger partial charge < -0.3 is 5.32 Å². The van der Waals surface area contributed by atoms with E-state index in [1.807, 2.05) is 0 Å². The third kappa shape index (κ3) is 2.85. The normalized spacial score (nSPS) is 30.6. The smallest absolute Gasteiger partial charge is 0.222 e. The molecular weight excluding hydrogens is 226 g/mol. The molecule has 0 bridgehead atoms. The topological polar surface area (TPSA) is 63.2 Å². The molecule has 2 atom stereocenters. The molecule has 1 heterocycles. The number of carbonyl (C=O) groups excluding carboxylic acids is 1. The van der Waals surface area contributed by atoms with Crippen LogP contribution in [-0.2, 0) is 14.6 Å². The van der Waals surface area contributed by atoms with Crippen LogP contribution in [0.15, 0.2) is 0 Å². The van der Waals surface area contributed by atoms with Gasteiger partial charge >= 0.3 is 0 Å². The lowest BCUT2D eigenvalue weighted by molar-refractivity contribution is -0.124. The SMILES string of the molecule is CC(C)C(=O)N[C@H]1CS(=O)(=O)C[C@@H]1Cl. The van der Waals surface area contributed by atoms with Gasteiger partial charge in [0, 0.05) is 5.92 Å². The van der Waals surface area contributed by atoms with Crippen molar-refractivity contribution in [2.24, 2.45) is 5.92 Å². The molecular formula is C8H14ClNO3S. The fourth-order valence-electron chi connectivity index (χ4n) is 1.29. The summed E-state index contributed by atoms with van der Waals surface area (Å²) in [4.78, 5) is 11.3. The van der Waals surface area contributed by atoms with Crippen molar-refractivity contribution in [3.8, 4) is 0 Å². The fraction of sp³-hybridized carbons (Fsp3) is 0.875. The first-order valence-corrected chi connectivity index (χ1v) is 6.72. The molecule has 0 aromatic carbocycles. The average Bonchev–Trinajstić information content (AvgIpc) is 2.24. The molecule has 1 saturated heterocycles. The van der Waals surface area contributed by atoms with Crippen LogP contribution in [0.3, 0.4) is 0 Å². The van der Waals surface area contributed by atoms with Crippen LogP contribution in [0.25, 0.3) is 0 Å². The van der Waals surface area contributed by atoms with Crippen molar-refractivity contribution >= 4 is 27.3 Å². The Balaban J connectivity index is 2.60. The molecule has 4 nitrogen and oxygen atoms in total. The highest BCUT2D eigenvalue weighted by Crippen LogP contribution is 2.18. The van der Waals surface area contributed by atoms with E-state index >= 15 is 0 Å². The molecule has 0 spiro atoms. The number of carbonyl (C=O) groups is 1. The van der Waals surface area contributed by atoms with Gasteiger partial charge in [-0.25, -0.2) is 8.42 Å². The van der Waals surface area contributed by atoms with Gasteiger partial charge in [0.2, 0.25) is 5.91 Å². The van der Waals surface area contributed by atoms with Crippen LogP contribution >= 0.6 is 11.6 Å². The molecule has 6 heteroatoms. The first-order valence-electron chi connectivity index (χ1n) is 4.46. The number of halogens is 1. The third-order valence-corrected chi connectivity index (χ3v) is 4.51. The summed E-state index contributed by atoms with van der Waals surface area (Å²) in [6.45, 7) is 3.50. The van der Waals surface area contributed by atoms with E-state index in [4.69, 9.17) is 11.6 Å². The van der Waals surface area contributed by atoms with Gasteiger partial charge in [-0.15, -0.1) is 11.6 Å². The van der Waals surface area contributed by atoms with Crippen LogP contribution in [0.1, 0.15) is 13.8 Å². The molecule has 0 unspecified atom stereocenters. The van der Waals surface area contributed by atoms with Crippen molar-refractivity contribution < 1.29 is 13.2 Å². The maximum atomic E-state index is 11.3. The molecule has 82 valence electrons. The maximum Gasteiger partial charge on any atom is 0.222 e. The van der Waals surface area contributed by atoms with Crippen LogP contribution in [0.2, 0.25) is 0 Å². The second kappa shape index (κ2) is 4.06. The summed E-state index contributed by atoms with van der Waals surface area (Å²) in [5.41, 5.74) is 0. The van der Waals surface area contributed by atoms with Gasteiger partial charge in [0.05, 0.1) is 22.9 Å². The molecule has 1 rings (SSSR count). The summed E-state index contributed by atoms with van der Waals surface area (Å²) in [5, 5.41) is 2.14. The highest BCUT2D eigenvalue weighted by Gasteiger charge is 2.37. The Morgan fingerprint density at radius 1 is 1.43 bits per heavy atom. The zero-order chi connectivity index (χ0) is 10.9. The highest BCUT2D eigenvalue weighted by atomic mass is 35.5. The number of sulfone groups is 1. The van der Waals surface area contributed by atoms with E-state index in [1.165, 1.54) is 0 Å². The number of rotatable bonds is 2. The minimum absolute atomic E-state index is 0.0420. The molecule has 14 heavy (non-hydrogen) atoms. The number of alkyl halides is 1. The monoisotopic (exact) mass is 239 g/mol. The highest BCUT2D eigenvalue weighted by molar-refractivity contribution is 7.91. The fourth-order valence-corrected chi connectivity index (χ4v) is 3.84. The minimum Gasteiger partial charge on any atom is -0.351 e. The van der Waals surface area contributed by atoms with Gasteiger partial charge in [0.25, 0.3) is 0 Å². The summed E-state index contributed by atoms with van der Waals surface area (Å²) >= 11 is 5.82. The second-order valence-electron chi connectivity index (χ2n) is 3.86. The molecule has 0 aliphatic carbocycles. The number of hydrogen-bond acceptors (Lipinski definition) is 3. The first-order chi connectivity index (χ1) is 6.32. The lowest BCUT2D eigenvalue weighted by Crippen LogP contribution is -2.42. The van der Waals surface area contributed by atoms with E-state index in [2.05, 4.69) is 5.32 Å². The number of hydrogen-bond donors (Lipinski definition) is 1. The first kappa shape index (κ1) is 11.8. The molecule has 1 fully saturated rings. The molecule has 1 N–H and O–H groups in total. The average molecular weight is 240 g/mol. The lowest BCUT2D eigenvalue weighted by atomic mass is 10.2. The molecule has 0 aromatic rings. The molecule has 0 radical (unpaired) electrons. The Morgan fingerprint density at radius 3 is 2.36 bits per heavy atom. The largest absolute Gasteiger partial charge is 0.351 e. The Bertz CT molecular complexity index is 325. The van der Waals surface area contributed by atoms with Crippen molar-refractivity contribution in [3.05, 3.63) is 0 Å². The molecule has 1 amide bonds. The summed E-state index contributed by atoms with van der Waals surface area (Å²) in [7, 11) is -3.06. The van der Waals surface area contributed by atoms with Crippen LogP contribution in [0, 0.1) is 5.92 Å². The Morgan fingerprint density at radius 2 is 2.00 bits per heavy atom. The summed E-state index contributed by atoms with van der Waals surface area (Å²) in [6, 6.07) is -0.434. The van der Waals surface area contributed by atoms with Crippen molar-refractivity contribution in [3.63, 3.8) is 0 Å². The summed E-state index contributed by atoms with van der Waals surface area (Å²) < 4.78 is 22.3. The van der Waals surface area contributed by atoms with E-state index in [0.29, 0.717) is 0 Å². The quantitative estimate of drug-likeness (QED) is 0.699. The molecule has 0 saturated carbocycles. The lowest BCUT2D eigenvalue weighted by Gasteiger charge is -2.15. The van der Waals surface area contributed by atoms with E-state index in [1.54, 1.807) is 13.8 Å². The molecule has 0 aromatic heterocycles.